The second kappa shape index (κ2) is 11.7. The zero-order valence-corrected chi connectivity index (χ0v) is 22.2. The van der Waals surface area contributed by atoms with Crippen LogP contribution in [0.2, 0.25) is 0 Å². The van der Waals surface area contributed by atoms with Crippen molar-refractivity contribution >= 4 is 35.3 Å². The minimum atomic E-state index is -0.457. The van der Waals surface area contributed by atoms with Gasteiger partial charge in [-0.2, -0.15) is 0 Å². The summed E-state index contributed by atoms with van der Waals surface area (Å²) in [6.45, 7) is 9.98. The molecule has 37 heavy (non-hydrogen) atoms. The van der Waals surface area contributed by atoms with Crippen molar-refractivity contribution in [2.45, 2.75) is 38.6 Å². The monoisotopic (exact) mass is 505 g/mol. The Labute approximate surface area is 220 Å². The summed E-state index contributed by atoms with van der Waals surface area (Å²) >= 11 is 0. The fourth-order valence-corrected chi connectivity index (χ4v) is 5.82. The van der Waals surface area contributed by atoms with Crippen LogP contribution in [0.4, 0.5) is 17.1 Å². The van der Waals surface area contributed by atoms with Crippen LogP contribution in [0.1, 0.15) is 32.6 Å². The van der Waals surface area contributed by atoms with Gasteiger partial charge in [-0.05, 0) is 62.3 Å². The van der Waals surface area contributed by atoms with E-state index in [1.54, 1.807) is 11.9 Å². The minimum absolute atomic E-state index is 0.236. The quantitative estimate of drug-likeness (QED) is 0.315. The molecule has 3 saturated heterocycles. The molecule has 1 N–H and O–H groups in total. The average Bonchev–Trinajstić information content (AvgIpc) is 2.88. The first-order valence-corrected chi connectivity index (χ1v) is 13.2. The van der Waals surface area contributed by atoms with Crippen molar-refractivity contribution in [2.75, 3.05) is 55.0 Å². The van der Waals surface area contributed by atoms with Crippen molar-refractivity contribution < 1.29 is 14.4 Å². The summed E-state index contributed by atoms with van der Waals surface area (Å²) < 4.78 is 0. The van der Waals surface area contributed by atoms with Crippen LogP contribution < -0.4 is 20.0 Å². The van der Waals surface area contributed by atoms with E-state index < -0.39 is 6.04 Å². The normalized spacial score (nSPS) is 21.6. The highest BCUT2D eigenvalue weighted by Crippen LogP contribution is 2.41. The van der Waals surface area contributed by atoms with Crippen molar-refractivity contribution in [1.29, 1.82) is 0 Å². The zero-order valence-electron chi connectivity index (χ0n) is 22.2. The van der Waals surface area contributed by atoms with Gasteiger partial charge in [0.25, 0.3) is 0 Å². The Morgan fingerprint density at radius 1 is 1.11 bits per heavy atom. The second-order valence-corrected chi connectivity index (χ2v) is 10.2. The van der Waals surface area contributed by atoms with Crippen LogP contribution in [0, 0.1) is 11.8 Å². The number of carbonyl (C=O) groups excluding carboxylic acids is 3. The van der Waals surface area contributed by atoms with Gasteiger partial charge in [0.1, 0.15) is 6.04 Å². The molecule has 3 fully saturated rings. The highest BCUT2D eigenvalue weighted by molar-refractivity contribution is 6.02. The van der Waals surface area contributed by atoms with E-state index >= 15 is 0 Å². The maximum absolute atomic E-state index is 12.5. The lowest BCUT2D eigenvalue weighted by Crippen LogP contribution is -2.52. The number of benzene rings is 1. The summed E-state index contributed by atoms with van der Waals surface area (Å²) in [5.41, 5.74) is 3.79. The molecule has 3 aliphatic heterocycles. The van der Waals surface area contributed by atoms with Gasteiger partial charge in [-0.25, -0.2) is 0 Å². The molecule has 0 bridgehead atoms. The van der Waals surface area contributed by atoms with Crippen molar-refractivity contribution in [3.63, 3.8) is 0 Å². The van der Waals surface area contributed by atoms with Crippen LogP contribution in [0.3, 0.4) is 0 Å². The van der Waals surface area contributed by atoms with E-state index in [4.69, 9.17) is 0 Å². The summed E-state index contributed by atoms with van der Waals surface area (Å²) in [4.78, 5) is 44.4. The van der Waals surface area contributed by atoms with Crippen molar-refractivity contribution in [2.24, 2.45) is 11.8 Å². The number of nitrogens with zero attached hydrogens (tertiary/aromatic N) is 4. The molecule has 3 heterocycles. The van der Waals surface area contributed by atoms with Crippen LogP contribution >= 0.6 is 0 Å². The zero-order chi connectivity index (χ0) is 26.5. The fourth-order valence-electron chi connectivity index (χ4n) is 5.82. The van der Waals surface area contributed by atoms with Crippen molar-refractivity contribution in [3.8, 4) is 0 Å². The molecule has 4 rings (SSSR count). The predicted octanol–water partition coefficient (Wildman–Crippen LogP) is 3.31. The van der Waals surface area contributed by atoms with Crippen LogP contribution in [0.5, 0.6) is 0 Å². The van der Waals surface area contributed by atoms with E-state index in [0.29, 0.717) is 24.7 Å². The molecule has 0 saturated carbocycles. The molecule has 1 aromatic rings. The lowest BCUT2D eigenvalue weighted by Gasteiger charge is -2.48. The maximum Gasteiger partial charge on any atom is 0.249 e. The molecule has 1 atom stereocenters. The number of piperidine rings is 2. The van der Waals surface area contributed by atoms with Gasteiger partial charge >= 0.3 is 0 Å². The first-order chi connectivity index (χ1) is 17.9. The Balaban J connectivity index is 1.46. The molecular formula is C29H39N5O3. The number of likely N-dealkylation sites (N-methyl/N-ethyl adjacent to an activating group) is 1. The van der Waals surface area contributed by atoms with Gasteiger partial charge in [0.15, 0.2) is 0 Å². The Morgan fingerprint density at radius 2 is 1.84 bits per heavy atom. The third kappa shape index (κ3) is 5.58. The first kappa shape index (κ1) is 26.5. The number of amides is 3. The number of rotatable bonds is 9. The largest absolute Gasteiger partial charge is 0.371 e. The van der Waals surface area contributed by atoms with E-state index in [1.807, 2.05) is 43.2 Å². The summed E-state index contributed by atoms with van der Waals surface area (Å²) in [6, 6.07) is 5.53. The Morgan fingerprint density at radius 3 is 2.46 bits per heavy atom. The molecule has 8 nitrogen and oxygen atoms in total. The topological polar surface area (TPSA) is 76.2 Å². The molecular weight excluding hydrogens is 466 g/mol. The second-order valence-electron chi connectivity index (χ2n) is 10.2. The highest BCUT2D eigenvalue weighted by atomic mass is 16.2. The maximum atomic E-state index is 12.5. The average molecular weight is 506 g/mol. The Hall–Kier alpha value is -3.55. The number of nitrogens with one attached hydrogen (secondary N) is 1. The highest BCUT2D eigenvalue weighted by Gasteiger charge is 2.37. The van der Waals surface area contributed by atoms with Gasteiger partial charge in [-0.1, -0.05) is 24.8 Å². The fraction of sp³-hybridized carbons (Fsp3) is 0.483. The van der Waals surface area contributed by atoms with Gasteiger partial charge < -0.3 is 19.6 Å². The van der Waals surface area contributed by atoms with E-state index in [1.165, 1.54) is 5.70 Å². The lowest BCUT2D eigenvalue weighted by atomic mass is 9.79. The molecule has 0 aliphatic carbocycles. The molecule has 0 aromatic heterocycles. The Bertz CT molecular complexity index is 1080. The van der Waals surface area contributed by atoms with Crippen molar-refractivity contribution in [1.82, 2.24) is 10.2 Å². The van der Waals surface area contributed by atoms with Gasteiger partial charge in [-0.15, -0.1) is 0 Å². The standard InChI is InChI=1S/C29H39N5O3/c1-5-7-9-23(6-2)34-18-22(19-34)21-14-16-33(17-15-21)25-11-8-10-24(28(25)31(3)20-35)32(4)26-12-13-27(36)30-29(26)37/h5-11,20-22,26H,2,12-19H2,1,3-4H3,(H,30,36,37)/b7-5-,23-9+. The number of imide groups is 1. The van der Waals surface area contributed by atoms with Crippen LogP contribution in [-0.4, -0.2) is 69.4 Å². The van der Waals surface area contributed by atoms with Crippen LogP contribution in [0.25, 0.3) is 0 Å². The number of hydrogen-bond donors (Lipinski definition) is 1. The molecule has 198 valence electrons. The Kier molecular flexibility index (Phi) is 8.36. The number of anilines is 3. The molecule has 1 unspecified atom stereocenters. The molecule has 3 amide bonds. The third-order valence-corrected chi connectivity index (χ3v) is 8.05. The minimum Gasteiger partial charge on any atom is -0.371 e. The summed E-state index contributed by atoms with van der Waals surface area (Å²) in [5, 5.41) is 2.44. The molecule has 0 spiro atoms. The van der Waals surface area contributed by atoms with Gasteiger partial charge in [0.2, 0.25) is 18.2 Å². The molecule has 3 aliphatic rings. The van der Waals surface area contributed by atoms with E-state index in [-0.39, 0.29) is 11.8 Å². The molecule has 8 heteroatoms. The number of likely N-dealkylation sites (tertiary alicyclic amines) is 1. The first-order valence-electron chi connectivity index (χ1n) is 13.2. The van der Waals surface area contributed by atoms with E-state index in [0.717, 1.165) is 62.5 Å². The third-order valence-electron chi connectivity index (χ3n) is 8.05. The molecule has 1 aromatic carbocycles. The number of para-hydroxylation sites is 1. The van der Waals surface area contributed by atoms with Crippen molar-refractivity contribution in [3.05, 3.63) is 54.8 Å². The van der Waals surface area contributed by atoms with Gasteiger partial charge in [0.05, 0.1) is 17.1 Å². The number of carbonyl (C=O) groups is 3. The SMILES string of the molecule is C=C/C(=C\C=C/C)N1CC(C2CCN(c3cccc(N(C)C4CCC(=O)NC4=O)c3N(C)C=O)CC2)C1. The van der Waals surface area contributed by atoms with Crippen LogP contribution in [-0.2, 0) is 14.4 Å². The van der Waals surface area contributed by atoms with E-state index in [9.17, 15) is 14.4 Å². The lowest BCUT2D eigenvalue weighted by molar-refractivity contribution is -0.134. The summed E-state index contributed by atoms with van der Waals surface area (Å²) in [7, 11) is 3.61. The number of allylic oxidation sites excluding steroid dienone is 4. The summed E-state index contributed by atoms with van der Waals surface area (Å²) in [6.07, 6.45) is 11.9. The van der Waals surface area contributed by atoms with Crippen LogP contribution in [0.15, 0.2) is 54.8 Å². The summed E-state index contributed by atoms with van der Waals surface area (Å²) in [5.74, 6) is 0.847. The van der Waals surface area contributed by atoms with E-state index in [2.05, 4.69) is 39.9 Å². The molecule has 0 radical (unpaired) electrons. The smallest absolute Gasteiger partial charge is 0.249 e. The number of hydrogen-bond acceptors (Lipinski definition) is 6. The predicted molar refractivity (Wildman–Crippen MR) is 149 cm³/mol. The van der Waals surface area contributed by atoms with Gasteiger partial charge in [-0.3, -0.25) is 19.7 Å². The van der Waals surface area contributed by atoms with Gasteiger partial charge in [0, 0.05) is 52.4 Å².